The number of alkyl carbamates (subject to hydrolysis) is 1. The maximum atomic E-state index is 12.2. The molecule has 1 aliphatic carbocycles. The zero-order valence-corrected chi connectivity index (χ0v) is 18.6. The number of amides is 1. The number of sulfonamides is 1. The second-order valence-corrected chi connectivity index (χ2v) is 10.2. The number of carbonyl (C=O) groups excluding carboxylic acids is 1. The molecule has 2 aliphatic rings. The predicted molar refractivity (Wildman–Crippen MR) is 117 cm³/mol. The molecule has 31 heavy (non-hydrogen) atoms. The molecule has 1 aromatic carbocycles. The first-order valence-electron chi connectivity index (χ1n) is 10.7. The van der Waals surface area contributed by atoms with Gasteiger partial charge in [-0.2, -0.15) is 5.10 Å². The Balaban J connectivity index is 1.35. The molecule has 0 radical (unpaired) electrons. The van der Waals surface area contributed by atoms with E-state index >= 15 is 0 Å². The number of nitrogens with one attached hydrogen (secondary N) is 4. The van der Waals surface area contributed by atoms with Gasteiger partial charge in [0.1, 0.15) is 6.10 Å². The fraction of sp³-hybridized carbons (Fsp3) is 0.524. The summed E-state index contributed by atoms with van der Waals surface area (Å²) >= 11 is 0. The monoisotopic (exact) mass is 447 g/mol. The third-order valence-electron chi connectivity index (χ3n) is 5.71. The lowest BCUT2D eigenvalue weighted by Gasteiger charge is -2.27. The molecular formula is C21H29N5O4S. The van der Waals surface area contributed by atoms with Gasteiger partial charge in [0.25, 0.3) is 0 Å². The third-order valence-corrected chi connectivity index (χ3v) is 7.25. The molecule has 0 spiro atoms. The minimum atomic E-state index is -3.45. The van der Waals surface area contributed by atoms with E-state index in [0.29, 0.717) is 35.3 Å². The molecule has 1 aromatic heterocycles. The number of H-pyrrole nitrogens is 1. The molecule has 2 heterocycles. The van der Waals surface area contributed by atoms with Crippen LogP contribution in [0.25, 0.3) is 0 Å². The average molecular weight is 448 g/mol. The molecule has 9 nitrogen and oxygen atoms in total. The first-order chi connectivity index (χ1) is 14.8. The summed E-state index contributed by atoms with van der Waals surface area (Å²) in [5.74, 6) is 0.968. The van der Waals surface area contributed by atoms with Crippen LogP contribution in [0.3, 0.4) is 0 Å². The first-order valence-corrected chi connectivity index (χ1v) is 12.2. The number of ether oxygens (including phenoxy) is 1. The SMILES string of the molecule is CC(C)NC(=O)OC1CCC(c2cc(Nc3ccc4c(c3)S(=O)(=O)NCC4)n[nH]2)CC1. The highest BCUT2D eigenvalue weighted by atomic mass is 32.2. The Labute approximate surface area is 182 Å². The summed E-state index contributed by atoms with van der Waals surface area (Å²) in [5.41, 5.74) is 2.53. The van der Waals surface area contributed by atoms with E-state index in [4.69, 9.17) is 4.74 Å². The van der Waals surface area contributed by atoms with Crippen LogP contribution in [0.15, 0.2) is 29.2 Å². The Morgan fingerprint density at radius 3 is 2.71 bits per heavy atom. The van der Waals surface area contributed by atoms with E-state index in [2.05, 4.69) is 25.6 Å². The summed E-state index contributed by atoms with van der Waals surface area (Å²) in [6.45, 7) is 4.24. The molecule has 10 heteroatoms. The van der Waals surface area contributed by atoms with Crippen LogP contribution in [-0.4, -0.2) is 43.4 Å². The summed E-state index contributed by atoms with van der Waals surface area (Å²) < 4.78 is 32.5. The summed E-state index contributed by atoms with van der Waals surface area (Å²) in [5, 5.41) is 13.4. The summed E-state index contributed by atoms with van der Waals surface area (Å²) in [6, 6.07) is 7.39. The molecule has 1 amide bonds. The van der Waals surface area contributed by atoms with Crippen LogP contribution < -0.4 is 15.4 Å². The Kier molecular flexibility index (Phi) is 6.19. The Hall–Kier alpha value is -2.59. The maximum Gasteiger partial charge on any atom is 0.407 e. The summed E-state index contributed by atoms with van der Waals surface area (Å²) in [7, 11) is -3.45. The molecule has 0 atom stereocenters. The second-order valence-electron chi connectivity index (χ2n) is 8.48. The smallest absolute Gasteiger partial charge is 0.407 e. The average Bonchev–Trinajstić information content (AvgIpc) is 3.17. The Morgan fingerprint density at radius 2 is 1.97 bits per heavy atom. The van der Waals surface area contributed by atoms with Crippen molar-refractivity contribution in [2.75, 3.05) is 11.9 Å². The van der Waals surface area contributed by atoms with Crippen LogP contribution in [0.5, 0.6) is 0 Å². The van der Waals surface area contributed by atoms with Crippen molar-refractivity contribution in [3.63, 3.8) is 0 Å². The van der Waals surface area contributed by atoms with Gasteiger partial charge in [-0.25, -0.2) is 17.9 Å². The van der Waals surface area contributed by atoms with Gasteiger partial charge in [-0.15, -0.1) is 0 Å². The Morgan fingerprint density at radius 1 is 1.19 bits per heavy atom. The zero-order valence-electron chi connectivity index (χ0n) is 17.8. The van der Waals surface area contributed by atoms with Crippen molar-refractivity contribution in [2.24, 2.45) is 0 Å². The van der Waals surface area contributed by atoms with Crippen molar-refractivity contribution in [1.29, 1.82) is 0 Å². The van der Waals surface area contributed by atoms with Gasteiger partial charge in [0.15, 0.2) is 5.82 Å². The molecule has 1 aliphatic heterocycles. The van der Waals surface area contributed by atoms with Gasteiger partial charge in [-0.3, -0.25) is 5.10 Å². The van der Waals surface area contributed by atoms with Crippen LogP contribution in [0.2, 0.25) is 0 Å². The minimum absolute atomic E-state index is 0.0541. The van der Waals surface area contributed by atoms with Crippen molar-refractivity contribution in [3.05, 3.63) is 35.5 Å². The van der Waals surface area contributed by atoms with Crippen molar-refractivity contribution >= 4 is 27.6 Å². The topological polar surface area (TPSA) is 125 Å². The lowest BCUT2D eigenvalue weighted by atomic mass is 9.85. The van der Waals surface area contributed by atoms with E-state index < -0.39 is 10.0 Å². The standard InChI is InChI=1S/C21H29N5O4S/c1-13(2)23-21(27)30-17-7-4-14(5-8-17)18-12-20(26-25-18)24-16-6-3-15-9-10-22-31(28,29)19(15)11-16/h3,6,11-14,17,22H,4-5,7-10H2,1-2H3,(H,23,27)(H2,24,25,26). The van der Waals surface area contributed by atoms with Crippen LogP contribution in [0, 0.1) is 0 Å². The number of hydrogen-bond donors (Lipinski definition) is 4. The first kappa shape index (κ1) is 21.6. The third kappa shape index (κ3) is 5.19. The summed E-state index contributed by atoms with van der Waals surface area (Å²) in [6.07, 6.45) is 3.72. The number of nitrogens with zero attached hydrogens (tertiary/aromatic N) is 1. The number of carbonyl (C=O) groups is 1. The predicted octanol–water partition coefficient (Wildman–Crippen LogP) is 3.15. The second kappa shape index (κ2) is 8.88. The molecule has 4 N–H and O–H groups in total. The summed E-state index contributed by atoms with van der Waals surface area (Å²) in [4.78, 5) is 12.1. The van der Waals surface area contributed by atoms with Crippen molar-refractivity contribution < 1.29 is 17.9 Å². The van der Waals surface area contributed by atoms with Gasteiger partial charge < -0.3 is 15.4 Å². The number of hydrogen-bond acceptors (Lipinski definition) is 6. The van der Waals surface area contributed by atoms with Gasteiger partial charge in [0.05, 0.1) is 4.90 Å². The van der Waals surface area contributed by atoms with Crippen LogP contribution >= 0.6 is 0 Å². The molecule has 1 saturated carbocycles. The number of fused-ring (bicyclic) bond motifs is 1. The van der Waals surface area contributed by atoms with Crippen LogP contribution in [0.4, 0.5) is 16.3 Å². The fourth-order valence-corrected chi connectivity index (χ4v) is 5.48. The van der Waals surface area contributed by atoms with Gasteiger partial charge in [-0.1, -0.05) is 6.07 Å². The highest BCUT2D eigenvalue weighted by Crippen LogP contribution is 2.34. The number of anilines is 2. The van der Waals surface area contributed by atoms with Gasteiger partial charge in [0, 0.05) is 36.0 Å². The molecule has 0 unspecified atom stereocenters. The van der Waals surface area contributed by atoms with E-state index in [9.17, 15) is 13.2 Å². The van der Waals surface area contributed by atoms with Crippen molar-refractivity contribution in [3.8, 4) is 0 Å². The lowest BCUT2D eigenvalue weighted by molar-refractivity contribution is 0.0697. The highest BCUT2D eigenvalue weighted by Gasteiger charge is 2.27. The van der Waals surface area contributed by atoms with Gasteiger partial charge in [0.2, 0.25) is 10.0 Å². The fourth-order valence-electron chi connectivity index (χ4n) is 4.16. The van der Waals surface area contributed by atoms with E-state index in [1.54, 1.807) is 6.07 Å². The number of benzene rings is 1. The quantitative estimate of drug-likeness (QED) is 0.558. The molecule has 2 aromatic rings. The number of aromatic nitrogens is 2. The van der Waals surface area contributed by atoms with Crippen LogP contribution in [-0.2, 0) is 21.2 Å². The largest absolute Gasteiger partial charge is 0.446 e. The molecule has 0 bridgehead atoms. The van der Waals surface area contributed by atoms with Crippen molar-refractivity contribution in [2.45, 2.75) is 68.9 Å². The molecule has 1 fully saturated rings. The normalized spacial score (nSPS) is 22.5. The molecule has 168 valence electrons. The number of rotatable bonds is 5. The van der Waals surface area contributed by atoms with E-state index in [1.165, 1.54) is 0 Å². The van der Waals surface area contributed by atoms with Crippen LogP contribution in [0.1, 0.15) is 56.7 Å². The van der Waals surface area contributed by atoms with Crippen molar-refractivity contribution in [1.82, 2.24) is 20.2 Å². The molecule has 4 rings (SSSR count). The van der Waals surface area contributed by atoms with E-state index in [1.807, 2.05) is 32.0 Å². The number of aromatic amines is 1. The lowest BCUT2D eigenvalue weighted by Crippen LogP contribution is -2.34. The van der Waals surface area contributed by atoms with E-state index in [-0.39, 0.29) is 18.2 Å². The van der Waals surface area contributed by atoms with Gasteiger partial charge >= 0.3 is 6.09 Å². The minimum Gasteiger partial charge on any atom is -0.446 e. The van der Waals surface area contributed by atoms with Gasteiger partial charge in [-0.05, 0) is 63.6 Å². The van der Waals surface area contributed by atoms with E-state index in [0.717, 1.165) is 36.9 Å². The molecular weight excluding hydrogens is 418 g/mol. The maximum absolute atomic E-state index is 12.2. The Bertz CT molecular complexity index is 1040. The molecule has 0 saturated heterocycles. The zero-order chi connectivity index (χ0) is 22.0. The highest BCUT2D eigenvalue weighted by molar-refractivity contribution is 7.89.